The molecule has 2 rings (SSSR count). The molecule has 0 aliphatic heterocycles. The second-order valence-electron chi connectivity index (χ2n) is 5.77. The van der Waals surface area contributed by atoms with Crippen molar-refractivity contribution in [3.8, 4) is 16.9 Å². The van der Waals surface area contributed by atoms with Crippen molar-refractivity contribution < 1.29 is 5.11 Å². The highest BCUT2D eigenvalue weighted by atomic mass is 16.3. The Morgan fingerprint density at radius 3 is 2.06 bits per heavy atom. The number of hydrogen-bond acceptors (Lipinski definition) is 1. The molecule has 0 radical (unpaired) electrons. The van der Waals surface area contributed by atoms with Crippen LogP contribution < -0.4 is 0 Å². The first-order chi connectivity index (χ1) is 8.41. The molecule has 18 heavy (non-hydrogen) atoms. The summed E-state index contributed by atoms with van der Waals surface area (Å²) in [6, 6.07) is 14.2. The largest absolute Gasteiger partial charge is 0.507 e. The Bertz CT molecular complexity index is 548. The lowest BCUT2D eigenvalue weighted by Gasteiger charge is -2.23. The second kappa shape index (κ2) is 4.49. The Hall–Kier alpha value is -1.76. The van der Waals surface area contributed by atoms with Gasteiger partial charge in [-0.1, -0.05) is 63.2 Å². The van der Waals surface area contributed by atoms with E-state index >= 15 is 0 Å². The average Bonchev–Trinajstić information content (AvgIpc) is 2.28. The molecule has 0 saturated heterocycles. The molecule has 1 N–H and O–H groups in total. The summed E-state index contributed by atoms with van der Waals surface area (Å²) in [6.45, 7) is 8.39. The van der Waals surface area contributed by atoms with Crippen LogP contribution in [0.1, 0.15) is 31.9 Å². The Balaban J connectivity index is 2.68. The van der Waals surface area contributed by atoms with Crippen LogP contribution >= 0.6 is 0 Å². The van der Waals surface area contributed by atoms with E-state index in [1.54, 1.807) is 0 Å². The van der Waals surface area contributed by atoms with Gasteiger partial charge in [-0.2, -0.15) is 0 Å². The lowest BCUT2D eigenvalue weighted by molar-refractivity contribution is 0.448. The summed E-state index contributed by atoms with van der Waals surface area (Å²) in [5.41, 5.74) is 4.06. The van der Waals surface area contributed by atoms with Gasteiger partial charge in [-0.3, -0.25) is 0 Å². The predicted octanol–water partition coefficient (Wildman–Crippen LogP) is 4.67. The molecule has 0 heterocycles. The van der Waals surface area contributed by atoms with Crippen molar-refractivity contribution >= 4 is 0 Å². The average molecular weight is 240 g/mol. The standard InChI is InChI=1S/C17H20O/c1-12-10-11-14(17(2,3)4)16(18)15(12)13-8-6-5-7-9-13/h5-11,18H,1-4H3. The molecule has 0 aliphatic carbocycles. The van der Waals surface area contributed by atoms with Crippen molar-refractivity contribution in [2.24, 2.45) is 0 Å². The van der Waals surface area contributed by atoms with Crippen LogP contribution in [0, 0.1) is 6.92 Å². The van der Waals surface area contributed by atoms with E-state index in [4.69, 9.17) is 0 Å². The fourth-order valence-corrected chi connectivity index (χ4v) is 2.27. The Kier molecular flexibility index (Phi) is 3.16. The number of aromatic hydroxyl groups is 1. The van der Waals surface area contributed by atoms with Gasteiger partial charge in [-0.25, -0.2) is 0 Å². The molecule has 0 atom stereocenters. The van der Waals surface area contributed by atoms with Crippen LogP contribution in [0.5, 0.6) is 5.75 Å². The van der Waals surface area contributed by atoms with E-state index in [1.807, 2.05) is 43.3 Å². The smallest absolute Gasteiger partial charge is 0.127 e. The molecule has 2 aromatic rings. The monoisotopic (exact) mass is 240 g/mol. The van der Waals surface area contributed by atoms with Gasteiger partial charge in [-0.05, 0) is 29.0 Å². The summed E-state index contributed by atoms with van der Waals surface area (Å²) >= 11 is 0. The number of hydrogen-bond donors (Lipinski definition) is 1. The summed E-state index contributed by atoms with van der Waals surface area (Å²) < 4.78 is 0. The minimum atomic E-state index is -0.0543. The Morgan fingerprint density at radius 2 is 1.50 bits per heavy atom. The zero-order valence-electron chi connectivity index (χ0n) is 11.5. The maximum Gasteiger partial charge on any atom is 0.127 e. The van der Waals surface area contributed by atoms with Gasteiger partial charge in [0.2, 0.25) is 0 Å². The van der Waals surface area contributed by atoms with Gasteiger partial charge in [0.25, 0.3) is 0 Å². The molecule has 0 amide bonds. The quantitative estimate of drug-likeness (QED) is 0.768. The van der Waals surface area contributed by atoms with Crippen molar-refractivity contribution in [1.29, 1.82) is 0 Å². The van der Waals surface area contributed by atoms with Gasteiger partial charge in [-0.15, -0.1) is 0 Å². The molecule has 0 bridgehead atoms. The summed E-state index contributed by atoms with van der Waals surface area (Å²) in [7, 11) is 0. The lowest BCUT2D eigenvalue weighted by atomic mass is 9.83. The van der Waals surface area contributed by atoms with Crippen LogP contribution in [-0.2, 0) is 5.41 Å². The fourth-order valence-electron chi connectivity index (χ4n) is 2.27. The highest BCUT2D eigenvalue weighted by molar-refractivity contribution is 5.75. The van der Waals surface area contributed by atoms with Crippen molar-refractivity contribution in [2.45, 2.75) is 33.1 Å². The fraction of sp³-hybridized carbons (Fsp3) is 0.294. The van der Waals surface area contributed by atoms with E-state index in [0.717, 1.165) is 22.3 Å². The molecular formula is C17H20O. The van der Waals surface area contributed by atoms with E-state index in [-0.39, 0.29) is 5.41 Å². The summed E-state index contributed by atoms with van der Waals surface area (Å²) in [6.07, 6.45) is 0. The van der Waals surface area contributed by atoms with Gasteiger partial charge in [0.05, 0.1) is 0 Å². The van der Waals surface area contributed by atoms with Crippen LogP contribution in [0.2, 0.25) is 0 Å². The van der Waals surface area contributed by atoms with Gasteiger partial charge in [0.1, 0.15) is 5.75 Å². The van der Waals surface area contributed by atoms with E-state index in [1.165, 1.54) is 0 Å². The first-order valence-electron chi connectivity index (χ1n) is 6.29. The third-order valence-corrected chi connectivity index (χ3v) is 3.26. The molecule has 0 aliphatic rings. The minimum Gasteiger partial charge on any atom is -0.507 e. The highest BCUT2D eigenvalue weighted by Crippen LogP contribution is 2.40. The molecule has 0 spiro atoms. The molecule has 0 saturated carbocycles. The molecule has 0 unspecified atom stereocenters. The van der Waals surface area contributed by atoms with Crippen LogP contribution in [0.15, 0.2) is 42.5 Å². The molecule has 0 fully saturated rings. The van der Waals surface area contributed by atoms with Gasteiger partial charge in [0.15, 0.2) is 0 Å². The third-order valence-electron chi connectivity index (χ3n) is 3.26. The number of aryl methyl sites for hydroxylation is 1. The second-order valence-corrected chi connectivity index (χ2v) is 5.77. The highest BCUT2D eigenvalue weighted by Gasteiger charge is 2.21. The number of phenolic OH excluding ortho intramolecular Hbond substituents is 1. The summed E-state index contributed by atoms with van der Waals surface area (Å²) in [4.78, 5) is 0. The van der Waals surface area contributed by atoms with Gasteiger partial charge < -0.3 is 5.11 Å². The predicted molar refractivity (Wildman–Crippen MR) is 77.0 cm³/mol. The minimum absolute atomic E-state index is 0.0543. The maximum absolute atomic E-state index is 10.6. The zero-order chi connectivity index (χ0) is 13.3. The molecular weight excluding hydrogens is 220 g/mol. The molecule has 2 aromatic carbocycles. The molecule has 0 aromatic heterocycles. The van der Waals surface area contributed by atoms with Crippen molar-refractivity contribution in [3.05, 3.63) is 53.6 Å². The first-order valence-corrected chi connectivity index (χ1v) is 6.29. The number of benzene rings is 2. The van der Waals surface area contributed by atoms with Crippen molar-refractivity contribution in [2.75, 3.05) is 0 Å². The van der Waals surface area contributed by atoms with Crippen molar-refractivity contribution in [1.82, 2.24) is 0 Å². The summed E-state index contributed by atoms with van der Waals surface area (Å²) in [5, 5.41) is 10.6. The molecule has 1 heteroatoms. The van der Waals surface area contributed by atoms with E-state index in [2.05, 4.69) is 26.8 Å². The van der Waals surface area contributed by atoms with Gasteiger partial charge in [0, 0.05) is 5.56 Å². The van der Waals surface area contributed by atoms with Crippen LogP contribution in [0.4, 0.5) is 0 Å². The summed E-state index contributed by atoms with van der Waals surface area (Å²) in [5.74, 6) is 0.411. The van der Waals surface area contributed by atoms with Crippen LogP contribution in [-0.4, -0.2) is 5.11 Å². The molecule has 94 valence electrons. The lowest BCUT2D eigenvalue weighted by Crippen LogP contribution is -2.11. The van der Waals surface area contributed by atoms with Crippen LogP contribution in [0.3, 0.4) is 0 Å². The van der Waals surface area contributed by atoms with Crippen molar-refractivity contribution in [3.63, 3.8) is 0 Å². The Labute approximate surface area is 109 Å². The first kappa shape index (κ1) is 12.7. The topological polar surface area (TPSA) is 20.2 Å². The maximum atomic E-state index is 10.6. The van der Waals surface area contributed by atoms with E-state index < -0.39 is 0 Å². The van der Waals surface area contributed by atoms with Gasteiger partial charge >= 0.3 is 0 Å². The zero-order valence-corrected chi connectivity index (χ0v) is 11.5. The molecule has 1 nitrogen and oxygen atoms in total. The SMILES string of the molecule is Cc1ccc(C(C)(C)C)c(O)c1-c1ccccc1. The van der Waals surface area contributed by atoms with E-state index in [0.29, 0.717) is 5.75 Å². The Morgan fingerprint density at radius 1 is 0.889 bits per heavy atom. The number of rotatable bonds is 1. The third kappa shape index (κ3) is 2.26. The van der Waals surface area contributed by atoms with Crippen LogP contribution in [0.25, 0.3) is 11.1 Å². The van der Waals surface area contributed by atoms with E-state index in [9.17, 15) is 5.11 Å². The number of phenols is 1. The normalized spacial score (nSPS) is 11.6.